The van der Waals surface area contributed by atoms with Gasteiger partial charge in [-0.05, 0) is 24.3 Å². The Bertz CT molecular complexity index is 1140. The highest BCUT2D eigenvalue weighted by Gasteiger charge is 2.45. The first-order valence-corrected chi connectivity index (χ1v) is 10.4. The van der Waals surface area contributed by atoms with Gasteiger partial charge in [-0.1, -0.05) is 25.4 Å². The summed E-state index contributed by atoms with van der Waals surface area (Å²) in [6.45, 7) is 2.42. The molecule has 12 heteroatoms. The van der Waals surface area contributed by atoms with Crippen molar-refractivity contribution >= 4 is 34.4 Å². The molecule has 0 bridgehead atoms. The summed E-state index contributed by atoms with van der Waals surface area (Å²) < 4.78 is 6.65. The largest absolute Gasteiger partial charge is 0.478 e. The normalized spacial score (nSPS) is 22.2. The Morgan fingerprint density at radius 2 is 2.06 bits per heavy atom. The highest BCUT2D eigenvalue weighted by Crippen LogP contribution is 2.33. The van der Waals surface area contributed by atoms with Gasteiger partial charge in [0.05, 0.1) is 24.2 Å². The maximum absolute atomic E-state index is 12.6. The molecule has 5 N–H and O–H groups in total. The number of benzene rings is 1. The van der Waals surface area contributed by atoms with Gasteiger partial charge in [-0.3, -0.25) is 4.79 Å². The van der Waals surface area contributed by atoms with Crippen LogP contribution in [0.3, 0.4) is 0 Å². The third kappa shape index (κ3) is 4.79. The van der Waals surface area contributed by atoms with E-state index >= 15 is 0 Å². The van der Waals surface area contributed by atoms with E-state index in [1.165, 1.54) is 10.7 Å². The van der Waals surface area contributed by atoms with Crippen LogP contribution in [0, 0.1) is 17.2 Å². The van der Waals surface area contributed by atoms with Crippen LogP contribution in [0.25, 0.3) is 10.9 Å². The van der Waals surface area contributed by atoms with Crippen molar-refractivity contribution in [2.75, 3.05) is 6.61 Å². The topological polar surface area (TPSA) is 178 Å². The van der Waals surface area contributed by atoms with Crippen molar-refractivity contribution in [2.45, 2.75) is 44.2 Å². The lowest BCUT2D eigenvalue weighted by molar-refractivity contribution is -0.147. The Balaban J connectivity index is 2.23. The Kier molecular flexibility index (Phi) is 7.24. The van der Waals surface area contributed by atoms with Crippen molar-refractivity contribution in [3.63, 3.8) is 0 Å². The number of ether oxygens (including phenoxy) is 1. The van der Waals surface area contributed by atoms with E-state index < -0.39 is 60.6 Å². The fourth-order valence-electron chi connectivity index (χ4n) is 3.57. The molecule has 5 atom stereocenters. The maximum Gasteiger partial charge on any atom is 0.370 e. The minimum atomic E-state index is -1.78. The summed E-state index contributed by atoms with van der Waals surface area (Å²) in [6.07, 6.45) is -3.79. The number of aliphatic hydroxyl groups excluding tert-OH is 3. The van der Waals surface area contributed by atoms with Gasteiger partial charge in [0.25, 0.3) is 0 Å². The van der Waals surface area contributed by atoms with Gasteiger partial charge in [0, 0.05) is 16.3 Å². The number of carboxylic acids is 1. The number of aromatic nitrogens is 2. The first-order valence-electron chi connectivity index (χ1n) is 10.1. The average Bonchev–Trinajstić information content (AvgIpc) is 3.14. The zero-order valence-corrected chi connectivity index (χ0v) is 18.5. The van der Waals surface area contributed by atoms with Gasteiger partial charge in [-0.25, -0.2) is 9.48 Å². The lowest BCUT2D eigenvalue weighted by Crippen LogP contribution is -2.59. The molecule has 0 saturated heterocycles. The Hall–Kier alpha value is -3.17. The van der Waals surface area contributed by atoms with E-state index in [1.807, 2.05) is 6.07 Å². The second-order valence-corrected chi connectivity index (χ2v) is 8.34. The number of amides is 1. The van der Waals surface area contributed by atoms with Crippen molar-refractivity contribution in [2.24, 2.45) is 5.92 Å². The summed E-state index contributed by atoms with van der Waals surface area (Å²) in [7, 11) is 0. The number of fused-ring (bicyclic) bond motifs is 1. The smallest absolute Gasteiger partial charge is 0.370 e. The van der Waals surface area contributed by atoms with Crippen LogP contribution >= 0.6 is 11.6 Å². The molecule has 33 heavy (non-hydrogen) atoms. The molecule has 0 radical (unpaired) electrons. The highest BCUT2D eigenvalue weighted by molar-refractivity contribution is 6.31. The van der Waals surface area contributed by atoms with Gasteiger partial charge in [-0.2, -0.15) is 10.4 Å². The fourth-order valence-corrected chi connectivity index (χ4v) is 3.74. The molecule has 1 amide bonds. The molecule has 11 nitrogen and oxygen atoms in total. The number of carboxylic acid groups (broad SMARTS) is 1. The predicted octanol–water partition coefficient (Wildman–Crippen LogP) is 0.325. The number of nitrogens with zero attached hydrogens (tertiary/aromatic N) is 3. The monoisotopic (exact) mass is 478 g/mol. The number of hydrogen-bond acceptors (Lipinski definition) is 8. The van der Waals surface area contributed by atoms with Crippen LogP contribution in [-0.4, -0.2) is 73.0 Å². The molecule has 0 unspecified atom stereocenters. The fraction of sp³-hybridized carbons (Fsp3) is 0.429. The molecule has 2 heterocycles. The molecule has 1 aliphatic rings. The lowest BCUT2D eigenvalue weighted by Gasteiger charge is -2.40. The molecule has 0 fully saturated rings. The minimum Gasteiger partial charge on any atom is -0.478 e. The van der Waals surface area contributed by atoms with Crippen molar-refractivity contribution in [3.05, 3.63) is 40.8 Å². The van der Waals surface area contributed by atoms with Gasteiger partial charge in [0.1, 0.15) is 30.1 Å². The van der Waals surface area contributed by atoms with E-state index in [0.29, 0.717) is 15.9 Å². The molecule has 0 aliphatic carbocycles. The van der Waals surface area contributed by atoms with Crippen LogP contribution in [0.5, 0.6) is 0 Å². The van der Waals surface area contributed by atoms with Crippen LogP contribution in [0.4, 0.5) is 0 Å². The van der Waals surface area contributed by atoms with Crippen molar-refractivity contribution in [3.8, 4) is 6.07 Å². The first kappa shape index (κ1) is 24.5. The van der Waals surface area contributed by atoms with E-state index in [9.17, 15) is 35.3 Å². The van der Waals surface area contributed by atoms with Crippen LogP contribution < -0.4 is 5.32 Å². The van der Waals surface area contributed by atoms with E-state index in [0.717, 1.165) is 6.08 Å². The number of nitrogens with one attached hydrogen (secondary N) is 1. The second-order valence-electron chi connectivity index (χ2n) is 7.91. The zero-order chi connectivity index (χ0) is 24.4. The molecule has 0 spiro atoms. The van der Waals surface area contributed by atoms with Gasteiger partial charge < -0.3 is 30.5 Å². The van der Waals surface area contributed by atoms with Crippen molar-refractivity contribution < 1.29 is 34.8 Å². The van der Waals surface area contributed by atoms with Gasteiger partial charge in [0.15, 0.2) is 0 Å². The quantitative estimate of drug-likeness (QED) is 0.375. The molecule has 1 aromatic carbocycles. The minimum absolute atomic E-state index is 0.0642. The van der Waals surface area contributed by atoms with Gasteiger partial charge >= 0.3 is 5.97 Å². The summed E-state index contributed by atoms with van der Waals surface area (Å²) in [6, 6.07) is 4.46. The average molecular weight is 479 g/mol. The van der Waals surface area contributed by atoms with E-state index in [-0.39, 0.29) is 5.69 Å². The summed E-state index contributed by atoms with van der Waals surface area (Å²) in [5.41, 5.74) is 0.423. The Morgan fingerprint density at radius 1 is 1.36 bits per heavy atom. The number of rotatable bonds is 7. The Morgan fingerprint density at radius 3 is 2.64 bits per heavy atom. The summed E-state index contributed by atoms with van der Waals surface area (Å²) in [5, 5.41) is 57.2. The third-order valence-corrected chi connectivity index (χ3v) is 5.55. The molecule has 3 rings (SSSR count). The van der Waals surface area contributed by atoms with E-state index in [4.69, 9.17) is 16.3 Å². The number of carbonyl (C=O) groups excluding carboxylic acids is 1. The number of nitriles is 1. The molecule has 1 aromatic heterocycles. The number of hydrogen-bond donors (Lipinski definition) is 5. The summed E-state index contributed by atoms with van der Waals surface area (Å²) in [5.74, 6) is -2.98. The molecule has 1 aliphatic heterocycles. The molecular formula is C21H23ClN4O7. The molecule has 2 aromatic rings. The van der Waals surface area contributed by atoms with Crippen LogP contribution in [0.2, 0.25) is 5.02 Å². The summed E-state index contributed by atoms with van der Waals surface area (Å²) in [4.78, 5) is 24.3. The highest BCUT2D eigenvalue weighted by atomic mass is 35.5. The van der Waals surface area contributed by atoms with Crippen LogP contribution in [0.15, 0.2) is 30.0 Å². The number of carbonyl (C=O) groups is 2. The molecule has 0 saturated carbocycles. The van der Waals surface area contributed by atoms with Gasteiger partial charge in [0.2, 0.25) is 11.7 Å². The Labute approximate surface area is 193 Å². The van der Waals surface area contributed by atoms with Gasteiger partial charge in [-0.15, -0.1) is 0 Å². The number of aliphatic carboxylic acids is 1. The first-order chi connectivity index (χ1) is 15.6. The van der Waals surface area contributed by atoms with E-state index in [2.05, 4.69) is 10.4 Å². The SMILES string of the molecule is CC(C)C(=O)N[C@H]1[C@H]([C@H](O)[C@H](O)CO)OC(C(=O)O)=C[C@@H]1n1nc2cc(Cl)ccc2c1C#N. The number of aliphatic hydroxyl groups is 3. The standard InChI is InChI=1S/C21H23ClN4O7/c1-9(2)20(30)24-17-13(6-16(21(31)32)33-19(17)18(29)15(28)8-27)26-14(7-23)11-4-3-10(22)5-12(11)25-26/h3-6,9,13,15,17-19,27-29H,8H2,1-2H3,(H,24,30)(H,31,32)/t13-,15+,17+,18+,19+/m0/s1. The second kappa shape index (κ2) is 9.76. The van der Waals surface area contributed by atoms with Crippen LogP contribution in [-0.2, 0) is 14.3 Å². The third-order valence-electron chi connectivity index (χ3n) is 5.32. The zero-order valence-electron chi connectivity index (χ0n) is 17.7. The predicted molar refractivity (Wildman–Crippen MR) is 115 cm³/mol. The van der Waals surface area contributed by atoms with Crippen LogP contribution in [0.1, 0.15) is 25.6 Å². The lowest BCUT2D eigenvalue weighted by atomic mass is 9.91. The van der Waals surface area contributed by atoms with Crippen molar-refractivity contribution in [1.82, 2.24) is 15.1 Å². The molecular weight excluding hydrogens is 456 g/mol. The van der Waals surface area contributed by atoms with E-state index in [1.54, 1.807) is 26.0 Å². The number of halogens is 1. The van der Waals surface area contributed by atoms with Crippen molar-refractivity contribution in [1.29, 1.82) is 5.26 Å². The maximum atomic E-state index is 12.6. The molecule has 176 valence electrons. The summed E-state index contributed by atoms with van der Waals surface area (Å²) >= 11 is 6.04.